The molecule has 82 valence electrons. The number of aryl methyl sites for hydroxylation is 1. The highest BCUT2D eigenvalue weighted by Gasteiger charge is 2.19. The first-order chi connectivity index (χ1) is 7.24. The van der Waals surface area contributed by atoms with E-state index in [9.17, 15) is 0 Å². The van der Waals surface area contributed by atoms with Crippen molar-refractivity contribution in [1.82, 2.24) is 9.97 Å². The zero-order valence-corrected chi connectivity index (χ0v) is 9.16. The topological polar surface area (TPSA) is 63.8 Å². The quantitative estimate of drug-likeness (QED) is 0.723. The molecule has 0 radical (unpaired) electrons. The molecule has 2 rings (SSSR count). The number of aromatic nitrogens is 2. The average molecular weight is 206 g/mol. The van der Waals surface area contributed by atoms with E-state index < -0.39 is 0 Å². The lowest BCUT2D eigenvalue weighted by atomic mass is 10.2. The molecule has 1 heterocycles. The van der Waals surface area contributed by atoms with Crippen molar-refractivity contribution in [3.63, 3.8) is 0 Å². The number of nitrogen functional groups attached to an aromatic ring is 1. The lowest BCUT2D eigenvalue weighted by Crippen LogP contribution is -2.06. The van der Waals surface area contributed by atoms with E-state index in [0.717, 1.165) is 24.0 Å². The van der Waals surface area contributed by atoms with E-state index in [0.29, 0.717) is 5.95 Å². The molecule has 1 saturated carbocycles. The van der Waals surface area contributed by atoms with Crippen LogP contribution in [0.5, 0.6) is 0 Å². The fourth-order valence-corrected chi connectivity index (χ4v) is 1.70. The molecule has 0 saturated heterocycles. The second-order valence-corrected chi connectivity index (χ2v) is 4.27. The Kier molecular flexibility index (Phi) is 3.04. The minimum atomic E-state index is 0.347. The molecule has 15 heavy (non-hydrogen) atoms. The molecular weight excluding hydrogens is 188 g/mol. The Hall–Kier alpha value is -1.32. The van der Waals surface area contributed by atoms with Gasteiger partial charge in [-0.25, -0.2) is 4.98 Å². The standard InChI is InChI=1S/C11H18N4/c1-8-7-10(15-11(12)14-8)13-6-2-3-9-4-5-9/h7,9H,2-6H2,1H3,(H3,12,13,14,15). The third-order valence-corrected chi connectivity index (χ3v) is 2.66. The molecule has 1 aromatic rings. The highest BCUT2D eigenvalue weighted by molar-refractivity contribution is 5.39. The zero-order chi connectivity index (χ0) is 10.7. The van der Waals surface area contributed by atoms with Gasteiger partial charge in [0.05, 0.1) is 0 Å². The minimum absolute atomic E-state index is 0.347. The zero-order valence-electron chi connectivity index (χ0n) is 9.16. The molecule has 1 aliphatic rings. The summed E-state index contributed by atoms with van der Waals surface area (Å²) in [6, 6.07) is 1.92. The van der Waals surface area contributed by atoms with Gasteiger partial charge in [0.25, 0.3) is 0 Å². The number of anilines is 2. The molecule has 0 atom stereocenters. The molecule has 4 heteroatoms. The molecule has 0 spiro atoms. The number of hydrogen-bond donors (Lipinski definition) is 2. The molecule has 0 aromatic carbocycles. The van der Waals surface area contributed by atoms with Crippen LogP contribution in [0, 0.1) is 12.8 Å². The van der Waals surface area contributed by atoms with Crippen molar-refractivity contribution < 1.29 is 0 Å². The minimum Gasteiger partial charge on any atom is -0.370 e. The molecule has 0 bridgehead atoms. The lowest BCUT2D eigenvalue weighted by molar-refractivity contribution is 0.686. The van der Waals surface area contributed by atoms with Crippen molar-refractivity contribution in [2.24, 2.45) is 5.92 Å². The molecule has 4 nitrogen and oxygen atoms in total. The van der Waals surface area contributed by atoms with Gasteiger partial charge in [0, 0.05) is 18.3 Å². The van der Waals surface area contributed by atoms with Gasteiger partial charge in [0.15, 0.2) is 0 Å². The van der Waals surface area contributed by atoms with Gasteiger partial charge >= 0.3 is 0 Å². The van der Waals surface area contributed by atoms with E-state index in [1.54, 1.807) is 0 Å². The Balaban J connectivity index is 1.76. The number of hydrogen-bond acceptors (Lipinski definition) is 4. The highest BCUT2D eigenvalue weighted by Crippen LogP contribution is 2.33. The molecule has 3 N–H and O–H groups in total. The van der Waals surface area contributed by atoms with Crippen molar-refractivity contribution in [3.05, 3.63) is 11.8 Å². The van der Waals surface area contributed by atoms with Crippen molar-refractivity contribution in [2.45, 2.75) is 32.6 Å². The molecule has 0 aliphatic heterocycles. The van der Waals surface area contributed by atoms with Gasteiger partial charge in [-0.05, 0) is 25.7 Å². The number of nitrogens with two attached hydrogens (primary N) is 1. The largest absolute Gasteiger partial charge is 0.370 e. The smallest absolute Gasteiger partial charge is 0.222 e. The van der Waals surface area contributed by atoms with Gasteiger partial charge in [-0.3, -0.25) is 0 Å². The van der Waals surface area contributed by atoms with Crippen LogP contribution in [-0.2, 0) is 0 Å². The van der Waals surface area contributed by atoms with Gasteiger partial charge in [0.1, 0.15) is 5.82 Å². The Labute approximate surface area is 90.3 Å². The predicted molar refractivity (Wildman–Crippen MR) is 61.6 cm³/mol. The predicted octanol–water partition coefficient (Wildman–Crippen LogP) is 1.97. The summed E-state index contributed by atoms with van der Waals surface area (Å²) < 4.78 is 0. The maximum absolute atomic E-state index is 5.56. The summed E-state index contributed by atoms with van der Waals surface area (Å²) in [7, 11) is 0. The van der Waals surface area contributed by atoms with Crippen LogP contribution < -0.4 is 11.1 Å². The fourth-order valence-electron chi connectivity index (χ4n) is 1.70. The van der Waals surface area contributed by atoms with E-state index in [2.05, 4.69) is 15.3 Å². The van der Waals surface area contributed by atoms with Crippen molar-refractivity contribution in [3.8, 4) is 0 Å². The van der Waals surface area contributed by atoms with E-state index in [-0.39, 0.29) is 0 Å². The highest BCUT2D eigenvalue weighted by atomic mass is 15.1. The van der Waals surface area contributed by atoms with Gasteiger partial charge in [0.2, 0.25) is 5.95 Å². The Morgan fingerprint density at radius 1 is 1.47 bits per heavy atom. The summed E-state index contributed by atoms with van der Waals surface area (Å²) in [5.41, 5.74) is 6.47. The molecule has 0 amide bonds. The molecular formula is C11H18N4. The van der Waals surface area contributed by atoms with Crippen LogP contribution in [0.2, 0.25) is 0 Å². The van der Waals surface area contributed by atoms with E-state index in [1.807, 2.05) is 13.0 Å². The molecule has 0 unspecified atom stereocenters. The molecule has 1 aromatic heterocycles. The third-order valence-electron chi connectivity index (χ3n) is 2.66. The van der Waals surface area contributed by atoms with Gasteiger partial charge < -0.3 is 11.1 Å². The van der Waals surface area contributed by atoms with E-state index in [1.165, 1.54) is 25.7 Å². The maximum atomic E-state index is 5.56. The first-order valence-corrected chi connectivity index (χ1v) is 5.59. The summed E-state index contributed by atoms with van der Waals surface area (Å²) >= 11 is 0. The van der Waals surface area contributed by atoms with Gasteiger partial charge in [-0.1, -0.05) is 12.8 Å². The normalized spacial score (nSPS) is 15.3. The van der Waals surface area contributed by atoms with Crippen LogP contribution in [0.25, 0.3) is 0 Å². The van der Waals surface area contributed by atoms with Gasteiger partial charge in [-0.2, -0.15) is 4.98 Å². The summed E-state index contributed by atoms with van der Waals surface area (Å²) in [4.78, 5) is 8.15. The average Bonchev–Trinajstić information content (AvgIpc) is 2.94. The van der Waals surface area contributed by atoms with E-state index in [4.69, 9.17) is 5.73 Å². The number of nitrogens with one attached hydrogen (secondary N) is 1. The summed E-state index contributed by atoms with van der Waals surface area (Å²) in [6.45, 7) is 2.90. The van der Waals surface area contributed by atoms with E-state index >= 15 is 0 Å². The number of nitrogens with zero attached hydrogens (tertiary/aromatic N) is 2. The molecule has 1 aliphatic carbocycles. The summed E-state index contributed by atoms with van der Waals surface area (Å²) in [5.74, 6) is 2.19. The Morgan fingerprint density at radius 3 is 2.93 bits per heavy atom. The maximum Gasteiger partial charge on any atom is 0.222 e. The van der Waals surface area contributed by atoms with Crippen LogP contribution in [0.1, 0.15) is 31.4 Å². The lowest BCUT2D eigenvalue weighted by Gasteiger charge is -2.06. The van der Waals surface area contributed by atoms with Crippen molar-refractivity contribution >= 4 is 11.8 Å². The molecule has 1 fully saturated rings. The van der Waals surface area contributed by atoms with Gasteiger partial charge in [-0.15, -0.1) is 0 Å². The first kappa shape index (κ1) is 10.2. The fraction of sp³-hybridized carbons (Fsp3) is 0.636. The Bertz CT molecular complexity index is 313. The van der Waals surface area contributed by atoms with Crippen LogP contribution >= 0.6 is 0 Å². The summed E-state index contributed by atoms with van der Waals surface area (Å²) in [6.07, 6.45) is 5.42. The Morgan fingerprint density at radius 2 is 2.27 bits per heavy atom. The summed E-state index contributed by atoms with van der Waals surface area (Å²) in [5, 5.41) is 3.28. The van der Waals surface area contributed by atoms with Crippen LogP contribution in [-0.4, -0.2) is 16.5 Å². The first-order valence-electron chi connectivity index (χ1n) is 5.59. The number of rotatable bonds is 5. The monoisotopic (exact) mass is 206 g/mol. The van der Waals surface area contributed by atoms with Crippen LogP contribution in [0.15, 0.2) is 6.07 Å². The van der Waals surface area contributed by atoms with Crippen LogP contribution in [0.4, 0.5) is 11.8 Å². The van der Waals surface area contributed by atoms with Crippen molar-refractivity contribution in [1.29, 1.82) is 0 Å². The SMILES string of the molecule is Cc1cc(NCCCC2CC2)nc(N)n1. The van der Waals surface area contributed by atoms with Crippen molar-refractivity contribution in [2.75, 3.05) is 17.6 Å². The second kappa shape index (κ2) is 4.47. The second-order valence-electron chi connectivity index (χ2n) is 4.27. The third kappa shape index (κ3) is 3.38. The van der Waals surface area contributed by atoms with Crippen LogP contribution in [0.3, 0.4) is 0 Å².